The second kappa shape index (κ2) is 8.39. The van der Waals surface area contributed by atoms with Gasteiger partial charge in [-0.15, -0.1) is 0 Å². The fraction of sp³-hybridized carbons (Fsp3) is 1.00. The van der Waals surface area contributed by atoms with E-state index in [0.29, 0.717) is 0 Å². The summed E-state index contributed by atoms with van der Waals surface area (Å²) >= 11 is 0. The fourth-order valence-electron chi connectivity index (χ4n) is 1.86. The SMILES string of the molecule is O=S(=O)(O)CCCC(CCCS(=O)(=O)O)CCS(=O)(=O)O. The highest BCUT2D eigenvalue weighted by Gasteiger charge is 2.16. The Kier molecular flexibility index (Phi) is 8.28. The lowest BCUT2D eigenvalue weighted by molar-refractivity contribution is 0.407. The summed E-state index contributed by atoms with van der Waals surface area (Å²) in [4.78, 5) is 0. The lowest BCUT2D eigenvalue weighted by Gasteiger charge is -2.15. The normalized spacial score (nSPS) is 13.7. The Hall–Kier alpha value is -0.270. The van der Waals surface area contributed by atoms with Gasteiger partial charge in [-0.2, -0.15) is 25.3 Å². The zero-order valence-corrected chi connectivity index (χ0v) is 13.7. The highest BCUT2D eigenvalue weighted by Crippen LogP contribution is 2.19. The van der Waals surface area contributed by atoms with Crippen LogP contribution >= 0.6 is 0 Å². The predicted molar refractivity (Wildman–Crippen MR) is 75.8 cm³/mol. The molecule has 0 aliphatic heterocycles. The molecular formula is C9H20O9S3. The van der Waals surface area contributed by atoms with Crippen LogP contribution in [0.15, 0.2) is 0 Å². The minimum absolute atomic E-state index is 0.0375. The molecule has 0 heterocycles. The second-order valence-electron chi connectivity index (χ2n) is 4.80. The monoisotopic (exact) mass is 368 g/mol. The molecular weight excluding hydrogens is 348 g/mol. The van der Waals surface area contributed by atoms with Crippen LogP contribution in [0.3, 0.4) is 0 Å². The lowest BCUT2D eigenvalue weighted by atomic mass is 9.96. The van der Waals surface area contributed by atoms with Crippen LogP contribution in [-0.4, -0.2) is 56.2 Å². The van der Waals surface area contributed by atoms with Gasteiger partial charge in [0.2, 0.25) is 0 Å². The molecule has 21 heavy (non-hydrogen) atoms. The average Bonchev–Trinajstić information content (AvgIpc) is 2.20. The third-order valence-corrected chi connectivity index (χ3v) is 5.17. The van der Waals surface area contributed by atoms with Crippen LogP contribution in [0, 0.1) is 5.92 Å². The third-order valence-electron chi connectivity index (χ3n) is 2.81. The van der Waals surface area contributed by atoms with Crippen molar-refractivity contribution in [2.24, 2.45) is 5.92 Å². The molecule has 0 aromatic rings. The second-order valence-corrected chi connectivity index (χ2v) is 9.51. The highest BCUT2D eigenvalue weighted by molar-refractivity contribution is 7.86. The van der Waals surface area contributed by atoms with Gasteiger partial charge in [-0.1, -0.05) is 0 Å². The van der Waals surface area contributed by atoms with Crippen LogP contribution in [0.1, 0.15) is 32.1 Å². The first-order chi connectivity index (χ1) is 9.29. The summed E-state index contributed by atoms with van der Waals surface area (Å²) in [6, 6.07) is 0. The van der Waals surface area contributed by atoms with Crippen LogP contribution < -0.4 is 0 Å². The van der Waals surface area contributed by atoms with E-state index in [2.05, 4.69) is 0 Å². The van der Waals surface area contributed by atoms with Crippen molar-refractivity contribution in [2.45, 2.75) is 32.1 Å². The summed E-state index contributed by atoms with van der Waals surface area (Å²) in [7, 11) is -12.4. The molecule has 0 fully saturated rings. The van der Waals surface area contributed by atoms with E-state index in [1.165, 1.54) is 0 Å². The largest absolute Gasteiger partial charge is 0.286 e. The fourth-order valence-corrected chi connectivity index (χ4v) is 3.55. The molecule has 3 N–H and O–H groups in total. The summed E-state index contributed by atoms with van der Waals surface area (Å²) < 4.78 is 89.6. The number of hydrogen-bond acceptors (Lipinski definition) is 6. The van der Waals surface area contributed by atoms with Crippen LogP contribution in [0.5, 0.6) is 0 Å². The molecule has 0 amide bonds. The smallest absolute Gasteiger partial charge is 0.264 e. The summed E-state index contributed by atoms with van der Waals surface area (Å²) in [5, 5.41) is 0. The van der Waals surface area contributed by atoms with Crippen molar-refractivity contribution in [1.29, 1.82) is 0 Å². The molecule has 9 nitrogen and oxygen atoms in total. The molecule has 0 aromatic carbocycles. The van der Waals surface area contributed by atoms with Crippen LogP contribution in [-0.2, 0) is 30.4 Å². The molecule has 0 atom stereocenters. The highest BCUT2D eigenvalue weighted by atomic mass is 32.2. The molecule has 0 spiro atoms. The molecule has 0 aliphatic carbocycles. The quantitative estimate of drug-likeness (QED) is 0.433. The molecule has 128 valence electrons. The standard InChI is InChI=1S/C9H20O9S3/c10-19(11,12)6-1-3-9(5-8-21(16,17)18)4-2-7-20(13,14)15/h9H,1-8H2,(H,10,11,12)(H,13,14,15)(H,16,17,18). The van der Waals surface area contributed by atoms with E-state index in [4.69, 9.17) is 13.7 Å². The molecule has 0 unspecified atom stereocenters. The molecule has 0 saturated heterocycles. The Morgan fingerprint density at radius 3 is 1.19 bits per heavy atom. The van der Waals surface area contributed by atoms with Crippen molar-refractivity contribution in [3.05, 3.63) is 0 Å². The number of rotatable bonds is 11. The van der Waals surface area contributed by atoms with Crippen molar-refractivity contribution in [1.82, 2.24) is 0 Å². The Labute approximate surface area is 125 Å². The van der Waals surface area contributed by atoms with E-state index in [-0.39, 0.29) is 38.0 Å². The minimum Gasteiger partial charge on any atom is -0.286 e. The molecule has 0 saturated carbocycles. The number of hydrogen-bond donors (Lipinski definition) is 3. The Bertz CT molecular complexity index is 565. The van der Waals surface area contributed by atoms with Gasteiger partial charge in [-0.05, 0) is 38.0 Å². The van der Waals surface area contributed by atoms with Crippen LogP contribution in [0.4, 0.5) is 0 Å². The van der Waals surface area contributed by atoms with Crippen molar-refractivity contribution in [2.75, 3.05) is 17.3 Å². The molecule has 0 aromatic heterocycles. The Morgan fingerprint density at radius 1 is 0.571 bits per heavy atom. The van der Waals surface area contributed by atoms with Crippen molar-refractivity contribution < 1.29 is 38.9 Å². The van der Waals surface area contributed by atoms with Gasteiger partial charge in [0.05, 0.1) is 17.3 Å². The summed E-state index contributed by atoms with van der Waals surface area (Å²) in [5.41, 5.74) is 0. The van der Waals surface area contributed by atoms with Crippen LogP contribution in [0.25, 0.3) is 0 Å². The zero-order chi connectivity index (χ0) is 16.7. The predicted octanol–water partition coefficient (Wildman–Crippen LogP) is 0.217. The molecule has 0 bridgehead atoms. The van der Waals surface area contributed by atoms with Gasteiger partial charge in [0.1, 0.15) is 0 Å². The van der Waals surface area contributed by atoms with E-state index < -0.39 is 47.6 Å². The molecule has 0 radical (unpaired) electrons. The summed E-state index contributed by atoms with van der Waals surface area (Å²) in [6.07, 6.45) is 0.707. The van der Waals surface area contributed by atoms with E-state index in [9.17, 15) is 25.3 Å². The summed E-state index contributed by atoms with van der Waals surface area (Å²) in [5.74, 6) is -1.81. The van der Waals surface area contributed by atoms with Crippen molar-refractivity contribution >= 4 is 30.4 Å². The van der Waals surface area contributed by atoms with Gasteiger partial charge in [-0.3, -0.25) is 13.7 Å². The first-order valence-electron chi connectivity index (χ1n) is 6.14. The zero-order valence-electron chi connectivity index (χ0n) is 11.3. The molecule has 12 heteroatoms. The van der Waals surface area contributed by atoms with Gasteiger partial charge >= 0.3 is 0 Å². The first kappa shape index (κ1) is 20.7. The summed E-state index contributed by atoms with van der Waals surface area (Å²) in [6.45, 7) is 0. The van der Waals surface area contributed by atoms with Crippen LogP contribution in [0.2, 0.25) is 0 Å². The topological polar surface area (TPSA) is 163 Å². The maximum Gasteiger partial charge on any atom is 0.264 e. The minimum atomic E-state index is -4.16. The molecule has 0 aliphatic rings. The van der Waals surface area contributed by atoms with E-state index in [0.717, 1.165) is 0 Å². The maximum absolute atomic E-state index is 10.7. The van der Waals surface area contributed by atoms with Gasteiger partial charge in [0.15, 0.2) is 0 Å². The third kappa shape index (κ3) is 15.9. The lowest BCUT2D eigenvalue weighted by Crippen LogP contribution is -2.14. The van der Waals surface area contributed by atoms with Gasteiger partial charge in [-0.25, -0.2) is 0 Å². The Balaban J connectivity index is 4.40. The van der Waals surface area contributed by atoms with Gasteiger partial charge < -0.3 is 0 Å². The van der Waals surface area contributed by atoms with E-state index in [1.54, 1.807) is 0 Å². The maximum atomic E-state index is 10.7. The van der Waals surface area contributed by atoms with Gasteiger partial charge in [0, 0.05) is 0 Å². The van der Waals surface area contributed by atoms with E-state index >= 15 is 0 Å². The van der Waals surface area contributed by atoms with Crippen molar-refractivity contribution in [3.63, 3.8) is 0 Å². The Morgan fingerprint density at radius 2 is 0.905 bits per heavy atom. The first-order valence-corrected chi connectivity index (χ1v) is 11.0. The average molecular weight is 368 g/mol. The van der Waals surface area contributed by atoms with E-state index in [1.807, 2.05) is 0 Å². The van der Waals surface area contributed by atoms with Gasteiger partial charge in [0.25, 0.3) is 30.4 Å². The molecule has 0 rings (SSSR count). The van der Waals surface area contributed by atoms with Crippen molar-refractivity contribution in [3.8, 4) is 0 Å².